The van der Waals surface area contributed by atoms with E-state index in [0.717, 1.165) is 12.1 Å². The van der Waals surface area contributed by atoms with Crippen LogP contribution in [0.15, 0.2) is 49.1 Å². The van der Waals surface area contributed by atoms with Gasteiger partial charge in [0.2, 0.25) is 5.62 Å². The molecular weight excluding hydrogens is 438 g/mol. The normalized spacial score (nSPS) is 12.8. The van der Waals surface area contributed by atoms with Gasteiger partial charge < -0.3 is 15.0 Å². The van der Waals surface area contributed by atoms with E-state index in [2.05, 4.69) is 30.0 Å². The number of nitrogens with one attached hydrogen (secondary N) is 3. The van der Waals surface area contributed by atoms with Gasteiger partial charge in [0.15, 0.2) is 11.5 Å². The number of fused-ring (bicyclic) bond motifs is 1. The minimum absolute atomic E-state index is 0.215. The van der Waals surface area contributed by atoms with Crippen LogP contribution in [-0.2, 0) is 14.5 Å². The van der Waals surface area contributed by atoms with Gasteiger partial charge in [-0.15, -0.1) is 0 Å². The zero-order valence-corrected chi connectivity index (χ0v) is 17.6. The summed E-state index contributed by atoms with van der Waals surface area (Å²) in [6.45, 7) is 1.69. The van der Waals surface area contributed by atoms with Gasteiger partial charge in [-0.05, 0) is 30.0 Å². The molecule has 0 spiro atoms. The van der Waals surface area contributed by atoms with Gasteiger partial charge >= 0.3 is 0 Å². The molecule has 0 saturated carbocycles. The summed E-state index contributed by atoms with van der Waals surface area (Å²) in [5.74, 6) is -1.89. The zero-order chi connectivity index (χ0) is 22.7. The van der Waals surface area contributed by atoms with Crippen molar-refractivity contribution in [3.8, 4) is 11.3 Å². The van der Waals surface area contributed by atoms with Crippen LogP contribution in [0.3, 0.4) is 0 Å². The molecule has 4 aromatic rings. The molecular formula is C21H18F2N6O2S. The molecule has 0 aliphatic heterocycles. The minimum Gasteiger partial charge on any atom is -0.350 e. The first-order valence-electron chi connectivity index (χ1n) is 9.54. The van der Waals surface area contributed by atoms with Crippen molar-refractivity contribution in [2.45, 2.75) is 13.3 Å². The largest absolute Gasteiger partial charge is 0.350 e. The standard InChI is InChI=1S/C21H18F2N6O2S/c1-2-9-32(31,12-30)29-16-8-7-14(22)19(17(16)23)28-15-6-4-3-5-13(15)18-20-21(26-10-24-18)27-11-25-20/h3-12,28H,2H2,1H3,(H,29,31)(H,24,25,26,27). The lowest BCUT2D eigenvalue weighted by molar-refractivity contribution is 0.567. The first-order valence-corrected chi connectivity index (χ1v) is 11.2. The van der Waals surface area contributed by atoms with Crippen LogP contribution >= 0.6 is 0 Å². The molecule has 3 N–H and O–H groups in total. The maximum absolute atomic E-state index is 15.2. The topological polar surface area (TPSA) is 113 Å². The van der Waals surface area contributed by atoms with Crippen LogP contribution in [0.4, 0.5) is 25.8 Å². The lowest BCUT2D eigenvalue weighted by Crippen LogP contribution is -2.17. The van der Waals surface area contributed by atoms with E-state index < -0.39 is 27.0 Å². The number of aromatic nitrogens is 4. The van der Waals surface area contributed by atoms with Crippen molar-refractivity contribution in [3.05, 3.63) is 60.7 Å². The molecule has 1 unspecified atom stereocenters. The number of imidazole rings is 1. The molecule has 1 atom stereocenters. The van der Waals surface area contributed by atoms with Crippen LogP contribution in [-0.4, -0.2) is 35.1 Å². The molecule has 2 aromatic carbocycles. The number of benzene rings is 2. The van der Waals surface area contributed by atoms with Crippen LogP contribution < -0.4 is 10.0 Å². The van der Waals surface area contributed by atoms with Crippen LogP contribution in [0.2, 0.25) is 0 Å². The van der Waals surface area contributed by atoms with Crippen molar-refractivity contribution >= 4 is 48.9 Å². The maximum Gasteiger partial charge on any atom is 0.217 e. The summed E-state index contributed by atoms with van der Waals surface area (Å²) in [6.07, 6.45) is 3.15. The van der Waals surface area contributed by atoms with E-state index in [1.807, 2.05) is 0 Å². The first kappa shape index (κ1) is 21.4. The van der Waals surface area contributed by atoms with E-state index >= 15 is 4.39 Å². The zero-order valence-electron chi connectivity index (χ0n) is 16.8. The van der Waals surface area contributed by atoms with Crippen LogP contribution in [0, 0.1) is 11.6 Å². The highest BCUT2D eigenvalue weighted by Crippen LogP contribution is 2.35. The van der Waals surface area contributed by atoms with E-state index in [-0.39, 0.29) is 11.3 Å². The molecule has 4 rings (SSSR count). The van der Waals surface area contributed by atoms with E-state index in [1.165, 1.54) is 18.0 Å². The Morgan fingerprint density at radius 2 is 1.91 bits per heavy atom. The molecule has 2 aromatic heterocycles. The molecule has 0 bridgehead atoms. The summed E-state index contributed by atoms with van der Waals surface area (Å²) in [5, 5.41) is 4.01. The number of hydrogen-bond donors (Lipinski definition) is 3. The quantitative estimate of drug-likeness (QED) is 0.286. The minimum atomic E-state index is -3.30. The fraction of sp³-hybridized carbons (Fsp3) is 0.0952. The Morgan fingerprint density at radius 1 is 1.09 bits per heavy atom. The van der Waals surface area contributed by atoms with Crippen molar-refractivity contribution in [2.75, 3.05) is 10.0 Å². The van der Waals surface area contributed by atoms with Gasteiger partial charge in [0.05, 0.1) is 12.0 Å². The molecule has 0 amide bonds. The Bertz CT molecular complexity index is 1430. The van der Waals surface area contributed by atoms with Crippen molar-refractivity contribution in [1.82, 2.24) is 19.9 Å². The Morgan fingerprint density at radius 3 is 2.69 bits per heavy atom. The van der Waals surface area contributed by atoms with Gasteiger partial charge in [-0.1, -0.05) is 25.1 Å². The number of aromatic amines is 1. The molecule has 2 heterocycles. The summed E-state index contributed by atoms with van der Waals surface area (Å²) in [6, 6.07) is 8.94. The van der Waals surface area contributed by atoms with Gasteiger partial charge in [-0.25, -0.2) is 27.9 Å². The van der Waals surface area contributed by atoms with Crippen molar-refractivity contribution in [1.29, 1.82) is 0 Å². The van der Waals surface area contributed by atoms with Gasteiger partial charge in [-0.3, -0.25) is 4.79 Å². The molecule has 0 radical (unpaired) electrons. The second kappa shape index (κ2) is 8.71. The fourth-order valence-corrected chi connectivity index (χ4v) is 4.38. The third kappa shape index (κ3) is 4.02. The number of carbonyl (C=O) groups excluding carboxylic acids is 1. The molecule has 0 aliphatic rings. The van der Waals surface area contributed by atoms with E-state index in [9.17, 15) is 13.4 Å². The summed E-state index contributed by atoms with van der Waals surface area (Å²) in [5.41, 5.74) is 1.90. The number of para-hydroxylation sites is 1. The van der Waals surface area contributed by atoms with E-state index in [4.69, 9.17) is 0 Å². The van der Waals surface area contributed by atoms with Crippen molar-refractivity contribution in [2.24, 2.45) is 0 Å². The number of anilines is 3. The monoisotopic (exact) mass is 456 g/mol. The lowest BCUT2D eigenvalue weighted by Gasteiger charge is -2.16. The third-order valence-electron chi connectivity index (χ3n) is 4.58. The summed E-state index contributed by atoms with van der Waals surface area (Å²) < 4.78 is 44.7. The van der Waals surface area contributed by atoms with Crippen LogP contribution in [0.1, 0.15) is 13.3 Å². The molecule has 164 valence electrons. The average molecular weight is 456 g/mol. The summed E-state index contributed by atoms with van der Waals surface area (Å²) in [4.78, 5) is 26.7. The van der Waals surface area contributed by atoms with Gasteiger partial charge in [0.25, 0.3) is 0 Å². The Labute approximate surface area is 182 Å². The van der Waals surface area contributed by atoms with Gasteiger partial charge in [0.1, 0.15) is 38.8 Å². The predicted molar refractivity (Wildman–Crippen MR) is 122 cm³/mol. The Kier molecular flexibility index (Phi) is 5.82. The molecule has 0 saturated heterocycles. The van der Waals surface area contributed by atoms with Crippen LogP contribution in [0.5, 0.6) is 0 Å². The fourth-order valence-electron chi connectivity index (χ4n) is 3.17. The van der Waals surface area contributed by atoms with Crippen LogP contribution in [0.25, 0.3) is 22.4 Å². The SMILES string of the molecule is CCC=S(=O)(C=O)Nc1ccc(F)c(Nc2ccccc2-c2ncnc3nc[nH]c23)c1F. The van der Waals surface area contributed by atoms with E-state index in [1.54, 1.807) is 31.2 Å². The predicted octanol–water partition coefficient (Wildman–Crippen LogP) is 4.06. The average Bonchev–Trinajstić information content (AvgIpc) is 3.28. The molecule has 11 heteroatoms. The number of rotatable bonds is 7. The Balaban J connectivity index is 1.78. The number of hydrogen-bond acceptors (Lipinski definition) is 6. The number of halogens is 2. The lowest BCUT2D eigenvalue weighted by atomic mass is 10.1. The third-order valence-corrected chi connectivity index (χ3v) is 6.24. The van der Waals surface area contributed by atoms with E-state index in [0.29, 0.717) is 34.5 Å². The highest BCUT2D eigenvalue weighted by molar-refractivity contribution is 8.14. The number of H-pyrrole nitrogens is 1. The summed E-state index contributed by atoms with van der Waals surface area (Å²) in [7, 11) is -3.30. The maximum atomic E-state index is 15.2. The highest BCUT2D eigenvalue weighted by Gasteiger charge is 2.19. The smallest absolute Gasteiger partial charge is 0.217 e. The second-order valence-electron chi connectivity index (χ2n) is 6.70. The number of nitrogens with zero attached hydrogens (tertiary/aromatic N) is 3. The molecule has 0 fully saturated rings. The first-order chi connectivity index (χ1) is 15.5. The Hall–Kier alpha value is -3.86. The van der Waals surface area contributed by atoms with Crippen molar-refractivity contribution < 1.29 is 17.8 Å². The number of carbonyl (C=O) groups is 1. The highest BCUT2D eigenvalue weighted by atomic mass is 32.2. The second-order valence-corrected chi connectivity index (χ2v) is 8.72. The molecule has 32 heavy (non-hydrogen) atoms. The van der Waals surface area contributed by atoms with Gasteiger partial charge in [-0.2, -0.15) is 0 Å². The van der Waals surface area contributed by atoms with Gasteiger partial charge in [0, 0.05) is 11.3 Å². The molecule has 8 nitrogen and oxygen atoms in total. The summed E-state index contributed by atoms with van der Waals surface area (Å²) >= 11 is 0. The molecule has 0 aliphatic carbocycles. The van der Waals surface area contributed by atoms with Crippen molar-refractivity contribution in [3.63, 3.8) is 0 Å².